The number of rotatable bonds is 11. The molecule has 9 heteroatoms. The van der Waals surface area contributed by atoms with Crippen molar-refractivity contribution in [1.82, 2.24) is 10.6 Å². The van der Waals surface area contributed by atoms with Crippen LogP contribution < -0.4 is 21.7 Å². The summed E-state index contributed by atoms with van der Waals surface area (Å²) in [5.74, 6) is -3.43. The molecule has 3 atom stereocenters. The third-order valence-corrected chi connectivity index (χ3v) is 5.48. The quantitative estimate of drug-likeness (QED) is 0.285. The van der Waals surface area contributed by atoms with E-state index >= 15 is 0 Å². The molecule has 3 amide bonds. The molecule has 3 rings (SSSR count). The van der Waals surface area contributed by atoms with Crippen LogP contribution in [0.15, 0.2) is 72.8 Å². The van der Waals surface area contributed by atoms with Crippen LogP contribution in [0.1, 0.15) is 18.9 Å². The van der Waals surface area contributed by atoms with Gasteiger partial charge in [-0.1, -0.05) is 60.7 Å². The van der Waals surface area contributed by atoms with Gasteiger partial charge in [-0.25, -0.2) is 0 Å². The lowest BCUT2D eigenvalue weighted by Gasteiger charge is -2.23. The molecule has 9 nitrogen and oxygen atoms in total. The Morgan fingerprint density at radius 2 is 1.46 bits per heavy atom. The van der Waals surface area contributed by atoms with Gasteiger partial charge in [-0.2, -0.15) is 0 Å². The number of nitrogens with two attached hydrogens (primary N) is 1. The van der Waals surface area contributed by atoms with Gasteiger partial charge < -0.3 is 26.8 Å². The van der Waals surface area contributed by atoms with E-state index in [0.717, 1.165) is 16.3 Å². The summed E-state index contributed by atoms with van der Waals surface area (Å²) in [5, 5.41) is 19.3. The number of amides is 3. The SMILES string of the molecule is C[C@H](Nc1ccc2ccccc2c1)C(=O)N[C@@H](CC(=O)O)C(=O)N[C@@H](Cc1ccccc1)C(N)=O. The Hall–Kier alpha value is -4.40. The molecule has 6 N–H and O–H groups in total. The van der Waals surface area contributed by atoms with Gasteiger partial charge in [0.15, 0.2) is 0 Å². The molecule has 0 aliphatic heterocycles. The van der Waals surface area contributed by atoms with E-state index in [1.807, 2.05) is 48.5 Å². The fourth-order valence-electron chi connectivity index (χ4n) is 3.62. The highest BCUT2D eigenvalue weighted by molar-refractivity contribution is 5.95. The summed E-state index contributed by atoms with van der Waals surface area (Å²) in [7, 11) is 0. The second kappa shape index (κ2) is 11.6. The van der Waals surface area contributed by atoms with Crippen molar-refractivity contribution in [3.8, 4) is 0 Å². The number of nitrogens with one attached hydrogen (secondary N) is 3. The van der Waals surface area contributed by atoms with E-state index < -0.39 is 48.2 Å². The molecular formula is C26H28N4O5. The Morgan fingerprint density at radius 3 is 2.11 bits per heavy atom. The molecule has 3 aromatic carbocycles. The minimum absolute atomic E-state index is 0.134. The Morgan fingerprint density at radius 1 is 0.829 bits per heavy atom. The largest absolute Gasteiger partial charge is 0.481 e. The number of primary amides is 1. The second-order valence-corrected chi connectivity index (χ2v) is 8.24. The van der Waals surface area contributed by atoms with Crippen molar-refractivity contribution in [3.63, 3.8) is 0 Å². The van der Waals surface area contributed by atoms with Gasteiger partial charge in [0, 0.05) is 12.1 Å². The van der Waals surface area contributed by atoms with Crippen molar-refractivity contribution in [1.29, 1.82) is 0 Å². The van der Waals surface area contributed by atoms with Crippen molar-refractivity contribution in [2.24, 2.45) is 5.73 Å². The van der Waals surface area contributed by atoms with Crippen LogP contribution in [0, 0.1) is 0 Å². The summed E-state index contributed by atoms with van der Waals surface area (Å²) in [6.07, 6.45) is -0.521. The molecule has 35 heavy (non-hydrogen) atoms. The summed E-state index contributed by atoms with van der Waals surface area (Å²) >= 11 is 0. The average Bonchev–Trinajstić information content (AvgIpc) is 2.83. The lowest BCUT2D eigenvalue weighted by molar-refractivity contribution is -0.141. The Balaban J connectivity index is 1.66. The first-order chi connectivity index (χ1) is 16.7. The van der Waals surface area contributed by atoms with E-state index in [1.54, 1.807) is 31.2 Å². The molecule has 0 aliphatic rings. The molecule has 0 heterocycles. The molecule has 0 aromatic heterocycles. The van der Waals surface area contributed by atoms with Gasteiger partial charge in [-0.15, -0.1) is 0 Å². The normalized spacial score (nSPS) is 13.3. The molecular weight excluding hydrogens is 448 g/mol. The first-order valence-electron chi connectivity index (χ1n) is 11.1. The number of carbonyl (C=O) groups excluding carboxylic acids is 3. The van der Waals surface area contributed by atoms with Crippen LogP contribution in [0.3, 0.4) is 0 Å². The number of carboxylic acid groups (broad SMARTS) is 1. The Bertz CT molecular complexity index is 1210. The number of hydrogen-bond donors (Lipinski definition) is 5. The fourth-order valence-corrected chi connectivity index (χ4v) is 3.62. The van der Waals surface area contributed by atoms with Crippen LogP contribution in [0.5, 0.6) is 0 Å². The maximum atomic E-state index is 12.8. The zero-order valence-electron chi connectivity index (χ0n) is 19.2. The van der Waals surface area contributed by atoms with E-state index in [2.05, 4.69) is 16.0 Å². The van der Waals surface area contributed by atoms with Gasteiger partial charge in [0.25, 0.3) is 0 Å². The highest BCUT2D eigenvalue weighted by Gasteiger charge is 2.29. The fraction of sp³-hybridized carbons (Fsp3) is 0.231. The lowest BCUT2D eigenvalue weighted by atomic mass is 10.0. The van der Waals surface area contributed by atoms with Crippen LogP contribution >= 0.6 is 0 Å². The van der Waals surface area contributed by atoms with Gasteiger partial charge in [0.2, 0.25) is 17.7 Å². The van der Waals surface area contributed by atoms with Crippen LogP contribution in [0.4, 0.5) is 5.69 Å². The predicted octanol–water partition coefficient (Wildman–Crippen LogP) is 1.81. The summed E-state index contributed by atoms with van der Waals surface area (Å²) in [4.78, 5) is 48.9. The zero-order valence-corrected chi connectivity index (χ0v) is 19.2. The third-order valence-electron chi connectivity index (χ3n) is 5.48. The summed E-state index contributed by atoms with van der Waals surface area (Å²) in [6, 6.07) is 19.1. The van der Waals surface area contributed by atoms with Gasteiger partial charge in [-0.3, -0.25) is 19.2 Å². The highest BCUT2D eigenvalue weighted by atomic mass is 16.4. The van der Waals surface area contributed by atoms with Gasteiger partial charge in [0.1, 0.15) is 18.1 Å². The monoisotopic (exact) mass is 476 g/mol. The van der Waals surface area contributed by atoms with E-state index in [0.29, 0.717) is 5.69 Å². The Labute approximate surface area is 202 Å². The summed E-state index contributed by atoms with van der Waals surface area (Å²) in [5.41, 5.74) is 6.91. The Kier molecular flexibility index (Phi) is 8.39. The highest BCUT2D eigenvalue weighted by Crippen LogP contribution is 2.19. The van der Waals surface area contributed by atoms with Gasteiger partial charge in [0.05, 0.1) is 6.42 Å². The molecule has 0 fully saturated rings. The molecule has 0 radical (unpaired) electrons. The number of aliphatic carboxylic acids is 1. The number of anilines is 1. The van der Waals surface area contributed by atoms with Crippen LogP contribution in [-0.4, -0.2) is 46.9 Å². The van der Waals surface area contributed by atoms with Crippen molar-refractivity contribution in [3.05, 3.63) is 78.4 Å². The molecule has 0 saturated carbocycles. The molecule has 0 unspecified atom stereocenters. The summed E-state index contributed by atoms with van der Waals surface area (Å²) < 4.78 is 0. The van der Waals surface area contributed by atoms with E-state index in [4.69, 9.17) is 5.73 Å². The number of carbonyl (C=O) groups is 4. The minimum atomic E-state index is -1.39. The number of fused-ring (bicyclic) bond motifs is 1. The van der Waals surface area contributed by atoms with E-state index in [1.165, 1.54) is 0 Å². The molecule has 3 aromatic rings. The van der Waals surface area contributed by atoms with Crippen LogP contribution in [-0.2, 0) is 25.6 Å². The van der Waals surface area contributed by atoms with Gasteiger partial charge >= 0.3 is 5.97 Å². The lowest BCUT2D eigenvalue weighted by Crippen LogP contribution is -2.55. The van der Waals surface area contributed by atoms with E-state index in [9.17, 15) is 24.3 Å². The maximum absolute atomic E-state index is 12.8. The third kappa shape index (κ3) is 7.29. The minimum Gasteiger partial charge on any atom is -0.481 e. The van der Waals surface area contributed by atoms with Crippen molar-refractivity contribution >= 4 is 40.2 Å². The molecule has 0 spiro atoms. The zero-order chi connectivity index (χ0) is 25.4. The number of hydrogen-bond acceptors (Lipinski definition) is 5. The van der Waals surface area contributed by atoms with Gasteiger partial charge in [-0.05, 0) is 35.4 Å². The topological polar surface area (TPSA) is 151 Å². The molecule has 0 aliphatic carbocycles. The predicted molar refractivity (Wildman–Crippen MR) is 132 cm³/mol. The molecule has 0 saturated heterocycles. The summed E-state index contributed by atoms with van der Waals surface area (Å²) in [6.45, 7) is 1.60. The molecule has 182 valence electrons. The van der Waals surface area contributed by atoms with Crippen molar-refractivity contribution < 1.29 is 24.3 Å². The smallest absolute Gasteiger partial charge is 0.305 e. The first-order valence-corrected chi connectivity index (χ1v) is 11.1. The first kappa shape index (κ1) is 25.2. The maximum Gasteiger partial charge on any atom is 0.305 e. The standard InChI is InChI=1S/C26H28N4O5/c1-16(28-20-12-11-18-9-5-6-10-19(18)14-20)25(34)30-22(15-23(31)32)26(35)29-21(24(27)33)13-17-7-3-2-4-8-17/h2-12,14,16,21-22,28H,13,15H2,1H3,(H2,27,33)(H,29,35)(H,30,34)(H,31,32)/t16-,21-,22-/m0/s1. The second-order valence-electron chi connectivity index (χ2n) is 8.24. The van der Waals surface area contributed by atoms with E-state index in [-0.39, 0.29) is 6.42 Å². The van der Waals surface area contributed by atoms with Crippen molar-refractivity contribution in [2.75, 3.05) is 5.32 Å². The molecule has 0 bridgehead atoms. The van der Waals surface area contributed by atoms with Crippen molar-refractivity contribution in [2.45, 2.75) is 37.9 Å². The van der Waals surface area contributed by atoms with Crippen LogP contribution in [0.25, 0.3) is 10.8 Å². The average molecular weight is 477 g/mol. The number of carboxylic acids is 1. The number of benzene rings is 3. The van der Waals surface area contributed by atoms with Crippen LogP contribution in [0.2, 0.25) is 0 Å².